The second-order valence-electron chi connectivity index (χ2n) is 5.15. The van der Waals surface area contributed by atoms with Crippen LogP contribution >= 0.6 is 0 Å². The summed E-state index contributed by atoms with van der Waals surface area (Å²) in [6.07, 6.45) is 0. The van der Waals surface area contributed by atoms with Gasteiger partial charge in [0.25, 0.3) is 5.69 Å². The van der Waals surface area contributed by atoms with Crippen LogP contribution in [0, 0.1) is 10.1 Å². The molecule has 0 unspecified atom stereocenters. The van der Waals surface area contributed by atoms with Crippen molar-refractivity contribution in [3.8, 4) is 0 Å². The molecule has 0 radical (unpaired) electrons. The van der Waals surface area contributed by atoms with E-state index in [1.165, 1.54) is 37.3 Å². The SMILES string of the molecule is C[C@H](NS(=O)(=O)c1ccccc1)C(=O)OCc1ccccc1[N+](=O)[O-]. The Bertz CT molecular complexity index is 867. The van der Waals surface area contributed by atoms with Crippen LogP contribution in [0.2, 0.25) is 0 Å². The summed E-state index contributed by atoms with van der Waals surface area (Å²) in [7, 11) is -3.87. The molecule has 0 saturated heterocycles. The third kappa shape index (κ3) is 4.85. The first-order valence-corrected chi connectivity index (χ1v) is 8.76. The second kappa shape index (κ2) is 7.86. The van der Waals surface area contributed by atoms with Crippen LogP contribution in [0.3, 0.4) is 0 Å². The van der Waals surface area contributed by atoms with Gasteiger partial charge in [-0.15, -0.1) is 0 Å². The molecule has 0 fully saturated rings. The van der Waals surface area contributed by atoms with Crippen LogP contribution in [-0.2, 0) is 26.2 Å². The molecular formula is C16H16N2O6S. The summed E-state index contributed by atoms with van der Waals surface area (Å²) < 4.78 is 31.5. The number of hydrogen-bond acceptors (Lipinski definition) is 6. The molecule has 25 heavy (non-hydrogen) atoms. The molecule has 2 rings (SSSR count). The van der Waals surface area contributed by atoms with Gasteiger partial charge in [0.1, 0.15) is 12.6 Å². The van der Waals surface area contributed by atoms with Crippen molar-refractivity contribution in [1.82, 2.24) is 4.72 Å². The Balaban J connectivity index is 2.01. The number of sulfonamides is 1. The smallest absolute Gasteiger partial charge is 0.324 e. The van der Waals surface area contributed by atoms with Gasteiger partial charge in [-0.25, -0.2) is 8.42 Å². The van der Waals surface area contributed by atoms with E-state index in [1.807, 2.05) is 0 Å². The molecule has 9 heteroatoms. The Morgan fingerprint density at radius 3 is 2.40 bits per heavy atom. The quantitative estimate of drug-likeness (QED) is 0.456. The number of nitrogens with zero attached hydrogens (tertiary/aromatic N) is 1. The highest BCUT2D eigenvalue weighted by atomic mass is 32.2. The molecule has 1 atom stereocenters. The fourth-order valence-corrected chi connectivity index (χ4v) is 3.25. The molecule has 0 spiro atoms. The van der Waals surface area contributed by atoms with Crippen molar-refractivity contribution >= 4 is 21.7 Å². The zero-order chi connectivity index (χ0) is 18.4. The molecule has 0 amide bonds. The van der Waals surface area contributed by atoms with Crippen molar-refractivity contribution in [1.29, 1.82) is 0 Å². The zero-order valence-corrected chi connectivity index (χ0v) is 14.1. The van der Waals surface area contributed by atoms with E-state index in [0.29, 0.717) is 0 Å². The highest BCUT2D eigenvalue weighted by molar-refractivity contribution is 7.89. The van der Waals surface area contributed by atoms with E-state index in [4.69, 9.17) is 4.74 Å². The molecule has 0 heterocycles. The van der Waals surface area contributed by atoms with Gasteiger partial charge in [0.2, 0.25) is 10.0 Å². The molecule has 0 aliphatic rings. The lowest BCUT2D eigenvalue weighted by Gasteiger charge is -2.14. The number of nitro groups is 1. The summed E-state index contributed by atoms with van der Waals surface area (Å²) in [5.74, 6) is -0.836. The van der Waals surface area contributed by atoms with Crippen LogP contribution < -0.4 is 4.72 Å². The summed E-state index contributed by atoms with van der Waals surface area (Å²) in [6.45, 7) is 1.01. The van der Waals surface area contributed by atoms with Gasteiger partial charge in [-0.1, -0.05) is 30.3 Å². The topological polar surface area (TPSA) is 116 Å². The monoisotopic (exact) mass is 364 g/mol. The van der Waals surface area contributed by atoms with Crippen LogP contribution in [0.4, 0.5) is 5.69 Å². The summed E-state index contributed by atoms with van der Waals surface area (Å²) >= 11 is 0. The Morgan fingerprint density at radius 2 is 1.76 bits per heavy atom. The molecule has 0 aliphatic carbocycles. The van der Waals surface area contributed by atoms with Gasteiger partial charge in [0, 0.05) is 6.07 Å². The molecule has 2 aromatic carbocycles. The largest absolute Gasteiger partial charge is 0.459 e. The van der Waals surface area contributed by atoms with E-state index >= 15 is 0 Å². The fourth-order valence-electron chi connectivity index (χ4n) is 2.03. The zero-order valence-electron chi connectivity index (χ0n) is 13.3. The predicted molar refractivity (Wildman–Crippen MR) is 89.1 cm³/mol. The molecule has 0 bridgehead atoms. The molecule has 0 aromatic heterocycles. The number of esters is 1. The lowest BCUT2D eigenvalue weighted by molar-refractivity contribution is -0.385. The molecule has 2 aromatic rings. The normalized spacial score (nSPS) is 12.4. The first-order valence-electron chi connectivity index (χ1n) is 7.27. The van der Waals surface area contributed by atoms with E-state index in [1.54, 1.807) is 24.3 Å². The number of ether oxygens (including phenoxy) is 1. The number of carbonyl (C=O) groups is 1. The molecule has 8 nitrogen and oxygen atoms in total. The Kier molecular flexibility index (Phi) is 5.84. The maximum atomic E-state index is 12.2. The van der Waals surface area contributed by atoms with Crippen molar-refractivity contribution in [2.45, 2.75) is 24.5 Å². The van der Waals surface area contributed by atoms with Crippen molar-refractivity contribution in [2.24, 2.45) is 0 Å². The van der Waals surface area contributed by atoms with Gasteiger partial charge in [-0.3, -0.25) is 14.9 Å². The van der Waals surface area contributed by atoms with Crippen molar-refractivity contribution in [3.05, 3.63) is 70.3 Å². The standard InChI is InChI=1S/C16H16N2O6S/c1-12(17-25(22,23)14-8-3-2-4-9-14)16(19)24-11-13-7-5-6-10-15(13)18(20)21/h2-10,12,17H,11H2,1H3/t12-/m0/s1. The molecule has 0 saturated carbocycles. The number of rotatable bonds is 7. The van der Waals surface area contributed by atoms with Gasteiger partial charge in [-0.2, -0.15) is 4.72 Å². The number of nitrogens with one attached hydrogen (secondary N) is 1. The van der Waals surface area contributed by atoms with E-state index in [0.717, 1.165) is 0 Å². The van der Waals surface area contributed by atoms with E-state index in [-0.39, 0.29) is 22.8 Å². The minimum atomic E-state index is -3.87. The average molecular weight is 364 g/mol. The number of hydrogen-bond donors (Lipinski definition) is 1. The maximum Gasteiger partial charge on any atom is 0.324 e. The number of nitro benzene ring substituents is 1. The van der Waals surface area contributed by atoms with Crippen molar-refractivity contribution in [3.63, 3.8) is 0 Å². The van der Waals surface area contributed by atoms with Crippen LogP contribution in [0.5, 0.6) is 0 Å². The molecule has 132 valence electrons. The third-order valence-electron chi connectivity index (χ3n) is 3.30. The molecule has 0 aliphatic heterocycles. The summed E-state index contributed by atoms with van der Waals surface area (Å²) in [4.78, 5) is 22.3. The Hall–Kier alpha value is -2.78. The van der Waals surface area contributed by atoms with Crippen LogP contribution in [-0.4, -0.2) is 25.4 Å². The predicted octanol–water partition coefficient (Wildman–Crippen LogP) is 2.00. The van der Waals surface area contributed by atoms with Crippen LogP contribution in [0.25, 0.3) is 0 Å². The fraction of sp³-hybridized carbons (Fsp3) is 0.188. The highest BCUT2D eigenvalue weighted by Gasteiger charge is 2.23. The van der Waals surface area contributed by atoms with Gasteiger partial charge in [-0.05, 0) is 25.1 Å². The van der Waals surface area contributed by atoms with E-state index in [2.05, 4.69) is 4.72 Å². The average Bonchev–Trinajstić information content (AvgIpc) is 2.60. The first-order chi connectivity index (χ1) is 11.8. The maximum absolute atomic E-state index is 12.2. The van der Waals surface area contributed by atoms with Crippen LogP contribution in [0.1, 0.15) is 12.5 Å². The highest BCUT2D eigenvalue weighted by Crippen LogP contribution is 2.18. The van der Waals surface area contributed by atoms with Gasteiger partial charge < -0.3 is 4.74 Å². The Labute approximate surface area is 144 Å². The minimum absolute atomic E-state index is 0.0216. The number of carbonyl (C=O) groups excluding carboxylic acids is 1. The Morgan fingerprint density at radius 1 is 1.16 bits per heavy atom. The van der Waals surface area contributed by atoms with Gasteiger partial charge in [0.05, 0.1) is 15.4 Å². The summed E-state index contributed by atoms with van der Waals surface area (Å²) in [5.41, 5.74) is 0.0479. The molecule has 1 N–H and O–H groups in total. The van der Waals surface area contributed by atoms with Crippen LogP contribution in [0.15, 0.2) is 59.5 Å². The lowest BCUT2D eigenvalue weighted by Crippen LogP contribution is -2.39. The molecular weight excluding hydrogens is 348 g/mol. The van der Waals surface area contributed by atoms with Crippen molar-refractivity contribution in [2.75, 3.05) is 0 Å². The summed E-state index contributed by atoms with van der Waals surface area (Å²) in [5, 5.41) is 10.9. The summed E-state index contributed by atoms with van der Waals surface area (Å²) in [6, 6.07) is 12.3. The van der Waals surface area contributed by atoms with Crippen molar-refractivity contribution < 1.29 is 22.9 Å². The van der Waals surface area contributed by atoms with Gasteiger partial charge in [0.15, 0.2) is 0 Å². The number of para-hydroxylation sites is 1. The lowest BCUT2D eigenvalue weighted by atomic mass is 10.2. The van der Waals surface area contributed by atoms with Gasteiger partial charge >= 0.3 is 5.97 Å². The second-order valence-corrected chi connectivity index (χ2v) is 6.86. The third-order valence-corrected chi connectivity index (χ3v) is 4.85. The van der Waals surface area contributed by atoms with E-state index < -0.39 is 27.0 Å². The van der Waals surface area contributed by atoms with E-state index in [9.17, 15) is 23.3 Å². The first kappa shape index (κ1) is 18.6. The number of benzene rings is 2. The minimum Gasteiger partial charge on any atom is -0.459 e.